The summed E-state index contributed by atoms with van der Waals surface area (Å²) in [5.41, 5.74) is 0.324. The zero-order valence-corrected chi connectivity index (χ0v) is 12.3. The number of amides is 2. The second-order valence-corrected chi connectivity index (χ2v) is 5.37. The van der Waals surface area contributed by atoms with Gasteiger partial charge in [0.25, 0.3) is 0 Å². The molecule has 2 atom stereocenters. The highest BCUT2D eigenvalue weighted by molar-refractivity contribution is 6.30. The fraction of sp³-hybridized carbons (Fsp3) is 0.429. The third kappa shape index (κ3) is 3.92. The Morgan fingerprint density at radius 3 is 2.95 bits per heavy atom. The average Bonchev–Trinajstić information content (AvgIpc) is 2.87. The lowest BCUT2D eigenvalue weighted by Crippen LogP contribution is -2.51. The van der Waals surface area contributed by atoms with Gasteiger partial charge in [-0.2, -0.15) is 0 Å². The summed E-state index contributed by atoms with van der Waals surface area (Å²) in [6.45, 7) is 2.11. The molecule has 2 rings (SSSR count). The van der Waals surface area contributed by atoms with E-state index >= 15 is 0 Å². The molecule has 1 aliphatic heterocycles. The van der Waals surface area contributed by atoms with Gasteiger partial charge in [-0.15, -0.1) is 0 Å². The number of benzene rings is 1. The number of hydrogen-bond donors (Lipinski definition) is 3. The van der Waals surface area contributed by atoms with E-state index in [9.17, 15) is 14.0 Å². The fourth-order valence-electron chi connectivity index (χ4n) is 2.37. The summed E-state index contributed by atoms with van der Waals surface area (Å²) in [7, 11) is 0. The van der Waals surface area contributed by atoms with Crippen LogP contribution in [0.2, 0.25) is 5.02 Å². The highest BCUT2D eigenvalue weighted by Crippen LogP contribution is 2.17. The van der Waals surface area contributed by atoms with Gasteiger partial charge in [-0.1, -0.05) is 23.7 Å². The van der Waals surface area contributed by atoms with Crippen molar-refractivity contribution < 1.29 is 14.0 Å². The standard InChI is InChI=1S/C14H17ClFN3O2/c1-8(20)19-11-5-6-17-13(11)14(21)18-7-9-3-2-4-10(15)12(9)16/h2-4,11,13,17H,5-7H2,1H3,(H,18,21)(H,19,20)/t11?,13-/m0/s1. The minimum absolute atomic E-state index is 0.0249. The lowest BCUT2D eigenvalue weighted by atomic mass is 10.1. The SMILES string of the molecule is CC(=O)NC1CCN[C@@H]1C(=O)NCc1cccc(Cl)c1F. The van der Waals surface area contributed by atoms with Gasteiger partial charge < -0.3 is 16.0 Å². The van der Waals surface area contributed by atoms with Gasteiger partial charge in [-0.3, -0.25) is 9.59 Å². The lowest BCUT2D eigenvalue weighted by molar-refractivity contribution is -0.124. The van der Waals surface area contributed by atoms with E-state index in [-0.39, 0.29) is 29.4 Å². The molecule has 0 saturated carbocycles. The molecule has 1 saturated heterocycles. The summed E-state index contributed by atoms with van der Waals surface area (Å²) in [6, 6.07) is 3.89. The smallest absolute Gasteiger partial charge is 0.239 e. The van der Waals surface area contributed by atoms with E-state index in [0.29, 0.717) is 18.5 Å². The molecule has 1 aromatic carbocycles. The van der Waals surface area contributed by atoms with Crippen molar-refractivity contribution in [3.8, 4) is 0 Å². The molecule has 1 aliphatic rings. The quantitative estimate of drug-likeness (QED) is 0.775. The minimum atomic E-state index is -0.530. The van der Waals surface area contributed by atoms with Crippen molar-refractivity contribution in [2.45, 2.75) is 32.0 Å². The molecule has 1 unspecified atom stereocenters. The molecule has 1 aromatic rings. The van der Waals surface area contributed by atoms with Gasteiger partial charge >= 0.3 is 0 Å². The molecule has 2 amide bonds. The number of carbonyl (C=O) groups is 2. The molecular formula is C14H17ClFN3O2. The first-order valence-electron chi connectivity index (χ1n) is 6.70. The van der Waals surface area contributed by atoms with E-state index in [4.69, 9.17) is 11.6 Å². The van der Waals surface area contributed by atoms with Crippen LogP contribution in [0.1, 0.15) is 18.9 Å². The largest absolute Gasteiger partial charge is 0.351 e. The van der Waals surface area contributed by atoms with Gasteiger partial charge in [0.2, 0.25) is 11.8 Å². The maximum Gasteiger partial charge on any atom is 0.239 e. The Morgan fingerprint density at radius 1 is 1.48 bits per heavy atom. The third-order valence-corrected chi connectivity index (χ3v) is 3.67. The van der Waals surface area contributed by atoms with Crippen molar-refractivity contribution in [1.29, 1.82) is 0 Å². The Balaban J connectivity index is 1.95. The molecule has 0 aliphatic carbocycles. The van der Waals surface area contributed by atoms with Crippen LogP contribution in [0.15, 0.2) is 18.2 Å². The molecular weight excluding hydrogens is 297 g/mol. The molecule has 3 N–H and O–H groups in total. The van der Waals surface area contributed by atoms with Crippen LogP contribution in [0.3, 0.4) is 0 Å². The molecule has 7 heteroatoms. The summed E-state index contributed by atoms with van der Waals surface area (Å²) in [4.78, 5) is 23.2. The van der Waals surface area contributed by atoms with Crippen LogP contribution in [0.5, 0.6) is 0 Å². The van der Waals surface area contributed by atoms with Crippen molar-refractivity contribution in [2.24, 2.45) is 0 Å². The molecule has 0 bridgehead atoms. The number of rotatable bonds is 4. The second kappa shape index (κ2) is 6.87. The van der Waals surface area contributed by atoms with Gasteiger partial charge in [0.05, 0.1) is 11.1 Å². The number of hydrogen-bond acceptors (Lipinski definition) is 3. The maximum absolute atomic E-state index is 13.7. The van der Waals surface area contributed by atoms with Crippen molar-refractivity contribution in [3.63, 3.8) is 0 Å². The van der Waals surface area contributed by atoms with E-state index in [0.717, 1.165) is 0 Å². The zero-order chi connectivity index (χ0) is 15.4. The molecule has 21 heavy (non-hydrogen) atoms. The highest BCUT2D eigenvalue weighted by Gasteiger charge is 2.33. The van der Waals surface area contributed by atoms with Crippen LogP contribution in [-0.4, -0.2) is 30.4 Å². The Labute approximate surface area is 127 Å². The zero-order valence-electron chi connectivity index (χ0n) is 11.6. The minimum Gasteiger partial charge on any atom is -0.351 e. The first-order valence-corrected chi connectivity index (χ1v) is 7.08. The second-order valence-electron chi connectivity index (χ2n) is 4.96. The summed E-state index contributed by atoms with van der Waals surface area (Å²) in [5, 5.41) is 8.45. The van der Waals surface area contributed by atoms with Crippen molar-refractivity contribution in [3.05, 3.63) is 34.6 Å². The van der Waals surface area contributed by atoms with E-state index in [1.807, 2.05) is 0 Å². The van der Waals surface area contributed by atoms with E-state index in [1.54, 1.807) is 12.1 Å². The Kier molecular flexibility index (Phi) is 5.14. The van der Waals surface area contributed by atoms with E-state index in [1.165, 1.54) is 13.0 Å². The van der Waals surface area contributed by atoms with Crippen molar-refractivity contribution in [1.82, 2.24) is 16.0 Å². The lowest BCUT2D eigenvalue weighted by Gasteiger charge is -2.19. The molecule has 0 spiro atoms. The number of halogens is 2. The van der Waals surface area contributed by atoms with Crippen LogP contribution in [0, 0.1) is 5.82 Å². The Hall–Kier alpha value is -1.66. The predicted octanol–water partition coefficient (Wildman–Crippen LogP) is 0.962. The normalized spacial score (nSPS) is 21.1. The van der Waals surface area contributed by atoms with Gasteiger partial charge in [0.1, 0.15) is 11.9 Å². The summed E-state index contributed by atoms with van der Waals surface area (Å²) < 4.78 is 13.7. The van der Waals surface area contributed by atoms with E-state index < -0.39 is 11.9 Å². The van der Waals surface area contributed by atoms with Crippen molar-refractivity contribution in [2.75, 3.05) is 6.54 Å². The number of nitrogens with one attached hydrogen (secondary N) is 3. The predicted molar refractivity (Wildman–Crippen MR) is 77.3 cm³/mol. The molecule has 0 aromatic heterocycles. The molecule has 114 valence electrons. The van der Waals surface area contributed by atoms with Crippen LogP contribution in [0.25, 0.3) is 0 Å². The molecule has 1 fully saturated rings. The van der Waals surface area contributed by atoms with Gasteiger partial charge in [0.15, 0.2) is 0 Å². The highest BCUT2D eigenvalue weighted by atomic mass is 35.5. The van der Waals surface area contributed by atoms with Crippen LogP contribution in [0.4, 0.5) is 4.39 Å². The van der Waals surface area contributed by atoms with Gasteiger partial charge in [-0.05, 0) is 19.0 Å². The van der Waals surface area contributed by atoms with Crippen molar-refractivity contribution >= 4 is 23.4 Å². The third-order valence-electron chi connectivity index (χ3n) is 3.38. The Morgan fingerprint density at radius 2 is 2.24 bits per heavy atom. The van der Waals surface area contributed by atoms with Gasteiger partial charge in [0, 0.05) is 19.0 Å². The topological polar surface area (TPSA) is 70.2 Å². The summed E-state index contributed by atoms with van der Waals surface area (Å²) >= 11 is 5.69. The van der Waals surface area contributed by atoms with Crippen LogP contribution < -0.4 is 16.0 Å². The first kappa shape index (κ1) is 15.7. The summed E-state index contributed by atoms with van der Waals surface area (Å²) in [6.07, 6.45) is 0.684. The Bertz CT molecular complexity index is 553. The first-order chi connectivity index (χ1) is 9.99. The van der Waals surface area contributed by atoms with Crippen LogP contribution >= 0.6 is 11.6 Å². The average molecular weight is 314 g/mol. The van der Waals surface area contributed by atoms with Crippen LogP contribution in [-0.2, 0) is 16.1 Å². The molecule has 5 nitrogen and oxygen atoms in total. The van der Waals surface area contributed by atoms with E-state index in [2.05, 4.69) is 16.0 Å². The summed E-state index contributed by atoms with van der Waals surface area (Å²) in [5.74, 6) is -0.981. The van der Waals surface area contributed by atoms with Gasteiger partial charge in [-0.25, -0.2) is 4.39 Å². The maximum atomic E-state index is 13.7. The molecule has 0 radical (unpaired) electrons. The number of carbonyl (C=O) groups excluding carboxylic acids is 2. The fourth-order valence-corrected chi connectivity index (χ4v) is 2.57. The monoisotopic (exact) mass is 313 g/mol. The molecule has 1 heterocycles.